The van der Waals surface area contributed by atoms with E-state index in [1.807, 2.05) is 39.8 Å². The Bertz CT molecular complexity index is 1460. The van der Waals surface area contributed by atoms with Crippen LogP contribution in [0.5, 0.6) is 5.75 Å². The number of carbonyl (C=O) groups is 4. The average Bonchev–Trinajstić information content (AvgIpc) is 3.25. The quantitative estimate of drug-likeness (QED) is 0.419. The Kier molecular flexibility index (Phi) is 5.64. The fraction of sp³-hybridized carbons (Fsp3) is 0.419. The van der Waals surface area contributed by atoms with Crippen molar-refractivity contribution in [2.24, 2.45) is 29.1 Å². The first-order chi connectivity index (χ1) is 18.4. The van der Waals surface area contributed by atoms with Crippen LogP contribution in [0.15, 0.2) is 60.2 Å². The van der Waals surface area contributed by atoms with E-state index in [0.717, 1.165) is 5.57 Å². The second-order valence-electron chi connectivity index (χ2n) is 12.4. The number of benzene rings is 2. The van der Waals surface area contributed by atoms with Crippen molar-refractivity contribution in [3.05, 3.63) is 70.8 Å². The molecule has 6 rings (SSSR count). The molecule has 0 bridgehead atoms. The molecule has 39 heavy (non-hydrogen) atoms. The first kappa shape index (κ1) is 25.8. The maximum Gasteiger partial charge on any atom is 0.241 e. The van der Waals surface area contributed by atoms with Gasteiger partial charge in [0.25, 0.3) is 0 Å². The smallest absolute Gasteiger partial charge is 0.241 e. The van der Waals surface area contributed by atoms with Crippen LogP contribution in [0.4, 0.5) is 5.69 Å². The summed E-state index contributed by atoms with van der Waals surface area (Å²) in [5, 5.41) is 10.4. The molecule has 2 aromatic rings. The average molecular weight is 547 g/mol. The van der Waals surface area contributed by atoms with Crippen LogP contribution in [0.2, 0.25) is 5.02 Å². The summed E-state index contributed by atoms with van der Waals surface area (Å²) < 4.78 is 0. The molecule has 4 aliphatic rings. The van der Waals surface area contributed by atoms with Crippen molar-refractivity contribution in [1.29, 1.82) is 0 Å². The van der Waals surface area contributed by atoms with Gasteiger partial charge in [-0.3, -0.25) is 24.1 Å². The molecule has 4 amide bonds. The summed E-state index contributed by atoms with van der Waals surface area (Å²) in [6.07, 6.45) is 2.67. The highest BCUT2D eigenvalue weighted by Gasteiger charge is 2.68. The minimum atomic E-state index is -1.17. The van der Waals surface area contributed by atoms with E-state index in [2.05, 4.69) is 0 Å². The Balaban J connectivity index is 1.54. The molecule has 2 saturated heterocycles. The zero-order valence-corrected chi connectivity index (χ0v) is 23.1. The first-order valence-corrected chi connectivity index (χ1v) is 13.7. The van der Waals surface area contributed by atoms with Crippen molar-refractivity contribution in [3.63, 3.8) is 0 Å². The fourth-order valence-corrected chi connectivity index (χ4v) is 7.88. The van der Waals surface area contributed by atoms with Crippen LogP contribution in [-0.2, 0) is 19.2 Å². The number of imide groups is 2. The van der Waals surface area contributed by atoms with Crippen LogP contribution >= 0.6 is 11.6 Å². The molecule has 2 aromatic carbocycles. The number of phenols is 1. The topological polar surface area (TPSA) is 95.0 Å². The summed E-state index contributed by atoms with van der Waals surface area (Å²) >= 11 is 6.70. The summed E-state index contributed by atoms with van der Waals surface area (Å²) in [5.74, 6) is -3.84. The summed E-state index contributed by atoms with van der Waals surface area (Å²) in [7, 11) is 0. The van der Waals surface area contributed by atoms with Gasteiger partial charge < -0.3 is 5.11 Å². The Labute approximate surface area is 232 Å². The molecule has 2 aliphatic heterocycles. The van der Waals surface area contributed by atoms with E-state index in [4.69, 9.17) is 11.6 Å². The molecule has 6 atom stereocenters. The third-order valence-corrected chi connectivity index (χ3v) is 9.58. The molecule has 0 radical (unpaired) electrons. The number of hydrogen-bond donors (Lipinski definition) is 1. The number of amides is 4. The third kappa shape index (κ3) is 3.48. The lowest BCUT2D eigenvalue weighted by molar-refractivity contribution is -0.145. The van der Waals surface area contributed by atoms with E-state index < -0.39 is 40.5 Å². The monoisotopic (exact) mass is 546 g/mol. The molecule has 1 N–H and O–H groups in total. The van der Waals surface area contributed by atoms with Crippen molar-refractivity contribution in [2.75, 3.05) is 4.90 Å². The maximum absolute atomic E-state index is 14.3. The molecule has 7 nitrogen and oxygen atoms in total. The summed E-state index contributed by atoms with van der Waals surface area (Å²) in [5.41, 5.74) is 0.155. The van der Waals surface area contributed by atoms with Crippen molar-refractivity contribution >= 4 is 40.9 Å². The van der Waals surface area contributed by atoms with Crippen molar-refractivity contribution in [2.45, 2.75) is 52.0 Å². The minimum Gasteiger partial charge on any atom is -0.508 e. The lowest BCUT2D eigenvalue weighted by Crippen LogP contribution is -2.49. The Hall–Kier alpha value is -3.45. The molecular weight excluding hydrogens is 516 g/mol. The minimum absolute atomic E-state index is 0.00683. The van der Waals surface area contributed by atoms with E-state index in [0.29, 0.717) is 24.1 Å². The van der Waals surface area contributed by atoms with Crippen LogP contribution in [0.25, 0.3) is 0 Å². The number of phenolic OH excluding ortho intramolecular Hbond substituents is 1. The summed E-state index contributed by atoms with van der Waals surface area (Å²) in [6, 6.07) is 13.5. The lowest BCUT2D eigenvalue weighted by atomic mass is 9.51. The Morgan fingerprint density at radius 3 is 2.28 bits per heavy atom. The van der Waals surface area contributed by atoms with Crippen molar-refractivity contribution in [1.82, 2.24) is 4.90 Å². The number of hydrogen-bond acceptors (Lipinski definition) is 5. The molecule has 0 unspecified atom stereocenters. The Morgan fingerprint density at radius 2 is 1.64 bits per heavy atom. The number of nitrogens with zero attached hydrogens (tertiary/aromatic N) is 2. The van der Waals surface area contributed by atoms with Gasteiger partial charge in [0, 0.05) is 16.5 Å². The number of rotatable bonds is 2. The highest BCUT2D eigenvalue weighted by atomic mass is 35.5. The van der Waals surface area contributed by atoms with E-state index >= 15 is 0 Å². The molecule has 2 heterocycles. The highest BCUT2D eigenvalue weighted by Crippen LogP contribution is 2.64. The molecule has 0 aromatic heterocycles. The van der Waals surface area contributed by atoms with Gasteiger partial charge in [0.05, 0.1) is 28.9 Å². The zero-order valence-electron chi connectivity index (χ0n) is 22.3. The second kappa shape index (κ2) is 8.52. The molecule has 8 heteroatoms. The molecule has 2 aliphatic carbocycles. The predicted octanol–water partition coefficient (Wildman–Crippen LogP) is 5.07. The number of anilines is 1. The second-order valence-corrected chi connectivity index (χ2v) is 12.8. The number of fused-ring (bicyclic) bond motifs is 4. The van der Waals surface area contributed by atoms with Crippen molar-refractivity contribution < 1.29 is 24.3 Å². The summed E-state index contributed by atoms with van der Waals surface area (Å²) in [6.45, 7) is 7.37. The van der Waals surface area contributed by atoms with Gasteiger partial charge in [0.15, 0.2) is 0 Å². The normalized spacial score (nSPS) is 32.2. The number of para-hydroxylation sites is 1. The lowest BCUT2D eigenvalue weighted by Gasteiger charge is -2.49. The van der Waals surface area contributed by atoms with Crippen molar-refractivity contribution in [3.8, 4) is 5.75 Å². The van der Waals surface area contributed by atoms with Gasteiger partial charge in [-0.1, -0.05) is 47.5 Å². The zero-order chi connectivity index (χ0) is 28.0. The predicted molar refractivity (Wildman–Crippen MR) is 146 cm³/mol. The van der Waals surface area contributed by atoms with Crippen LogP contribution in [-0.4, -0.2) is 39.2 Å². The maximum atomic E-state index is 14.3. The van der Waals surface area contributed by atoms with Gasteiger partial charge in [-0.15, -0.1) is 0 Å². The van der Waals surface area contributed by atoms with Gasteiger partial charge in [0.1, 0.15) is 5.75 Å². The van der Waals surface area contributed by atoms with Crippen LogP contribution in [0, 0.1) is 29.1 Å². The van der Waals surface area contributed by atoms with E-state index in [1.54, 1.807) is 30.3 Å². The van der Waals surface area contributed by atoms with Gasteiger partial charge in [0.2, 0.25) is 23.6 Å². The Morgan fingerprint density at radius 1 is 0.949 bits per heavy atom. The third-order valence-electron chi connectivity index (χ3n) is 9.25. The van der Waals surface area contributed by atoms with E-state index in [9.17, 15) is 24.3 Å². The standard InChI is InChI=1S/C31H31ClN2O5/c1-30(2,3)34-26(36)20-13-12-18-21(24(20)28(34)38)15-22-27(37)33(16-8-6-5-7-9-16)29(39)31(22,4)25(18)19-11-10-17(35)14-23(19)32/h5-12,14,20-22,24-25,35H,13,15H2,1-4H3/t20-,21+,22-,24-,25+,31+/m0/s1. The number of aromatic hydroxyl groups is 1. The van der Waals surface area contributed by atoms with E-state index in [1.165, 1.54) is 21.9 Å². The summed E-state index contributed by atoms with van der Waals surface area (Å²) in [4.78, 5) is 58.3. The number of likely N-dealkylation sites (tertiary alicyclic amines) is 1. The first-order valence-electron chi connectivity index (χ1n) is 13.4. The highest BCUT2D eigenvalue weighted by molar-refractivity contribution is 6.32. The van der Waals surface area contributed by atoms with E-state index in [-0.39, 0.29) is 34.4 Å². The molecular formula is C31H31ClN2O5. The molecule has 1 saturated carbocycles. The SMILES string of the molecule is CC(C)(C)N1C(=O)[C@H]2[C@H](CC=C3[C@H]2C[C@H]2C(=O)N(c4ccccc4)C(=O)[C@@]2(C)[C@H]3c2ccc(O)cc2Cl)C1=O. The van der Waals surface area contributed by atoms with Gasteiger partial charge in [-0.05, 0) is 76.3 Å². The molecule has 0 spiro atoms. The number of halogens is 1. The van der Waals surface area contributed by atoms with Gasteiger partial charge in [-0.2, -0.15) is 0 Å². The number of carbonyl (C=O) groups excluding carboxylic acids is 4. The van der Waals surface area contributed by atoms with Crippen LogP contribution < -0.4 is 4.90 Å². The van der Waals surface area contributed by atoms with Crippen LogP contribution in [0.3, 0.4) is 0 Å². The van der Waals surface area contributed by atoms with Gasteiger partial charge >= 0.3 is 0 Å². The molecule has 202 valence electrons. The fourth-order valence-electron chi connectivity index (χ4n) is 7.59. The van der Waals surface area contributed by atoms with Gasteiger partial charge in [-0.25, -0.2) is 4.90 Å². The van der Waals surface area contributed by atoms with Crippen LogP contribution in [0.1, 0.15) is 52.0 Å². The largest absolute Gasteiger partial charge is 0.508 e. The molecule has 3 fully saturated rings. The number of allylic oxidation sites excluding steroid dienone is 2.